The van der Waals surface area contributed by atoms with Crippen LogP contribution >= 0.6 is 12.2 Å². The van der Waals surface area contributed by atoms with Crippen LogP contribution < -0.4 is 4.90 Å². The molecule has 0 radical (unpaired) electrons. The first kappa shape index (κ1) is 28.0. The van der Waals surface area contributed by atoms with Gasteiger partial charge in [-0.2, -0.15) is 0 Å². The number of nitrogens with zero attached hydrogens (tertiary/aromatic N) is 2. The van der Waals surface area contributed by atoms with Crippen LogP contribution in [0.3, 0.4) is 0 Å². The van der Waals surface area contributed by atoms with E-state index in [0.29, 0.717) is 4.32 Å². The SMILES string of the molecule is CCC[CH2][Sn+]([CH2]CCC)[CH2]CCC.Cc1cccc(N2CCN(C(=S)[S-])CC2)c1C. The van der Waals surface area contributed by atoms with E-state index >= 15 is 0 Å². The molecule has 1 aliphatic rings. The molecule has 2 rings (SSSR count). The van der Waals surface area contributed by atoms with Crippen LogP contribution in [0, 0.1) is 13.8 Å². The largest absolute Gasteiger partial charge is 0.411 e. The minimum atomic E-state index is -0.839. The summed E-state index contributed by atoms with van der Waals surface area (Å²) in [4.78, 5) is 4.53. The number of hydrogen-bond acceptors (Lipinski definition) is 3. The third-order valence-electron chi connectivity index (χ3n) is 6.11. The Morgan fingerprint density at radius 2 is 1.40 bits per heavy atom. The van der Waals surface area contributed by atoms with Crippen LogP contribution in [0.4, 0.5) is 5.69 Å². The summed E-state index contributed by atoms with van der Waals surface area (Å²) >= 11 is 9.24. The van der Waals surface area contributed by atoms with E-state index in [2.05, 4.69) is 62.6 Å². The van der Waals surface area contributed by atoms with Crippen molar-refractivity contribution < 1.29 is 0 Å². The summed E-state index contributed by atoms with van der Waals surface area (Å²) in [6.07, 6.45) is 8.85. The summed E-state index contributed by atoms with van der Waals surface area (Å²) in [5.41, 5.74) is 4.07. The Bertz CT molecular complexity index is 582. The first-order chi connectivity index (χ1) is 14.4. The summed E-state index contributed by atoms with van der Waals surface area (Å²) in [6, 6.07) is 6.49. The van der Waals surface area contributed by atoms with Gasteiger partial charge in [0, 0.05) is 31.9 Å². The molecule has 0 aliphatic carbocycles. The van der Waals surface area contributed by atoms with Crippen LogP contribution in [0.1, 0.15) is 70.4 Å². The number of thiocarbonyl (C=S) groups is 1. The van der Waals surface area contributed by atoms with Gasteiger partial charge in [-0.15, -0.1) is 0 Å². The van der Waals surface area contributed by atoms with E-state index in [1.165, 1.54) is 55.3 Å². The summed E-state index contributed by atoms with van der Waals surface area (Å²) in [5.74, 6) is 0. The third-order valence-corrected chi connectivity index (χ3v) is 15.7. The molecule has 170 valence electrons. The van der Waals surface area contributed by atoms with Gasteiger partial charge in [0.05, 0.1) is 0 Å². The fraction of sp³-hybridized carbons (Fsp3) is 0.720. The van der Waals surface area contributed by atoms with Gasteiger partial charge in [0.25, 0.3) is 0 Å². The Balaban J connectivity index is 0.000000314. The van der Waals surface area contributed by atoms with E-state index in [9.17, 15) is 0 Å². The Hall–Kier alpha value is -0.0713. The fourth-order valence-electron chi connectivity index (χ4n) is 3.86. The molecule has 0 atom stereocenters. The minimum absolute atomic E-state index is 0.602. The Kier molecular flexibility index (Phi) is 15.4. The van der Waals surface area contributed by atoms with Crippen LogP contribution in [0.2, 0.25) is 13.3 Å². The number of piperazine rings is 1. The molecule has 0 aromatic heterocycles. The van der Waals surface area contributed by atoms with Crippen LogP contribution in [0.5, 0.6) is 0 Å². The summed E-state index contributed by atoms with van der Waals surface area (Å²) in [7, 11) is 0. The van der Waals surface area contributed by atoms with Crippen molar-refractivity contribution in [3.63, 3.8) is 0 Å². The topological polar surface area (TPSA) is 6.48 Å². The number of unbranched alkanes of at least 4 members (excludes halogenated alkanes) is 3. The molecule has 0 unspecified atom stereocenters. The van der Waals surface area contributed by atoms with Gasteiger partial charge in [0.2, 0.25) is 0 Å². The zero-order chi connectivity index (χ0) is 22.4. The second-order valence-electron chi connectivity index (χ2n) is 8.52. The molecule has 1 fully saturated rings. The number of rotatable bonds is 10. The van der Waals surface area contributed by atoms with E-state index in [-0.39, 0.29) is 0 Å². The van der Waals surface area contributed by atoms with Gasteiger partial charge in [0.15, 0.2) is 0 Å². The molecule has 1 aromatic carbocycles. The van der Waals surface area contributed by atoms with Gasteiger partial charge >= 0.3 is 92.4 Å². The van der Waals surface area contributed by atoms with Crippen molar-refractivity contribution in [2.45, 2.75) is 86.5 Å². The molecule has 1 heterocycles. The molecular formula is C25H44N2S2Sn. The smallest absolute Gasteiger partial charge is 0.0399 e. The van der Waals surface area contributed by atoms with Crippen LogP contribution in [-0.4, -0.2) is 55.2 Å². The van der Waals surface area contributed by atoms with Gasteiger partial charge in [-0.25, -0.2) is 0 Å². The molecular weight excluding hydrogens is 511 g/mol. The quantitative estimate of drug-likeness (QED) is 0.172. The van der Waals surface area contributed by atoms with Gasteiger partial charge in [0.1, 0.15) is 0 Å². The van der Waals surface area contributed by atoms with E-state index in [4.69, 9.17) is 24.8 Å². The van der Waals surface area contributed by atoms with Gasteiger partial charge < -0.3 is 34.6 Å². The normalized spacial score (nSPS) is 13.6. The van der Waals surface area contributed by atoms with Crippen molar-refractivity contribution in [3.8, 4) is 0 Å². The summed E-state index contributed by atoms with van der Waals surface area (Å²) in [5, 5.41) is 0. The zero-order valence-corrected chi connectivity index (χ0v) is 24.6. The van der Waals surface area contributed by atoms with Crippen molar-refractivity contribution in [3.05, 3.63) is 29.3 Å². The molecule has 1 aromatic rings. The third kappa shape index (κ3) is 10.5. The molecule has 0 spiro atoms. The number of aryl methyl sites for hydroxylation is 1. The van der Waals surface area contributed by atoms with Crippen molar-refractivity contribution in [1.82, 2.24) is 4.90 Å². The second kappa shape index (κ2) is 16.5. The van der Waals surface area contributed by atoms with Crippen molar-refractivity contribution in [2.24, 2.45) is 0 Å². The molecule has 0 bridgehead atoms. The average molecular weight is 555 g/mol. The molecule has 5 heteroatoms. The molecule has 1 saturated heterocycles. The van der Waals surface area contributed by atoms with Crippen LogP contribution in [0.25, 0.3) is 0 Å². The number of hydrogen-bond donors (Lipinski definition) is 0. The first-order valence-electron chi connectivity index (χ1n) is 12.0. The maximum absolute atomic E-state index is 5.04. The van der Waals surface area contributed by atoms with E-state index in [1.807, 2.05) is 0 Å². The van der Waals surface area contributed by atoms with Gasteiger partial charge in [-0.05, 0) is 31.0 Å². The maximum Gasteiger partial charge on any atom is 0.0399 e. The molecule has 0 saturated carbocycles. The predicted molar refractivity (Wildman–Crippen MR) is 145 cm³/mol. The second-order valence-corrected chi connectivity index (χ2v) is 18.1. The molecule has 0 N–H and O–H groups in total. The minimum Gasteiger partial charge on any atom is -0.411 e. The van der Waals surface area contributed by atoms with Crippen molar-refractivity contribution >= 4 is 54.6 Å². The molecule has 1 aliphatic heterocycles. The Labute approximate surface area is 205 Å². The van der Waals surface area contributed by atoms with E-state index in [0.717, 1.165) is 26.2 Å². The maximum atomic E-state index is 5.04. The monoisotopic (exact) mass is 556 g/mol. The Morgan fingerprint density at radius 3 is 1.83 bits per heavy atom. The van der Waals surface area contributed by atoms with Crippen LogP contribution in [0.15, 0.2) is 18.2 Å². The molecule has 30 heavy (non-hydrogen) atoms. The molecule has 2 nitrogen and oxygen atoms in total. The van der Waals surface area contributed by atoms with Gasteiger partial charge in [-0.3, -0.25) is 0 Å². The van der Waals surface area contributed by atoms with Gasteiger partial charge in [-0.1, -0.05) is 16.5 Å². The number of anilines is 1. The summed E-state index contributed by atoms with van der Waals surface area (Å²) in [6.45, 7) is 15.2. The fourth-order valence-corrected chi connectivity index (χ4v) is 13.7. The van der Waals surface area contributed by atoms with Crippen molar-refractivity contribution in [1.29, 1.82) is 0 Å². The predicted octanol–water partition coefficient (Wildman–Crippen LogP) is 7.14. The standard InChI is InChI=1S/C13H18N2S2.3C4H9.Sn/c1-10-4-3-5-12(11(10)2)14-6-8-15(9-7-14)13(16)17;3*1-3-4-2;/h3-5H,6-9H2,1-2H3,(H,16,17);3*1,3-4H2,2H3;/q;;;;+1/p-1. The summed E-state index contributed by atoms with van der Waals surface area (Å²) < 4.78 is 5.64. The first-order valence-corrected chi connectivity index (χ1v) is 18.9. The average Bonchev–Trinajstić information content (AvgIpc) is 2.75. The van der Waals surface area contributed by atoms with Crippen molar-refractivity contribution in [2.75, 3.05) is 31.1 Å². The molecule has 0 amide bonds. The van der Waals surface area contributed by atoms with E-state index in [1.54, 1.807) is 13.3 Å². The Morgan fingerprint density at radius 1 is 0.900 bits per heavy atom. The van der Waals surface area contributed by atoms with Crippen LogP contribution in [-0.2, 0) is 12.6 Å². The van der Waals surface area contributed by atoms with E-state index < -0.39 is 19.8 Å². The zero-order valence-electron chi connectivity index (χ0n) is 20.1. The number of benzene rings is 1.